The topological polar surface area (TPSA) is 65.4 Å². The summed E-state index contributed by atoms with van der Waals surface area (Å²) in [5.41, 5.74) is 0.670. The smallest absolute Gasteiger partial charge is 0.262 e. The van der Waals surface area contributed by atoms with Crippen molar-refractivity contribution in [1.29, 1.82) is 0 Å². The van der Waals surface area contributed by atoms with E-state index < -0.39 is 0 Å². The number of carbonyl (C=O) groups is 1. The molecule has 1 amide bonds. The standard InChI is InChI=1S/C15H17N3O3/c19-15(11-21-14-4-2-1-3-5-14)17-12-8-16-18(9-12)13-6-7-20-10-13/h1-5,8-9,13H,6-7,10-11H2,(H,17,19). The molecule has 1 saturated heterocycles. The number of nitrogens with zero attached hydrogens (tertiary/aromatic N) is 2. The van der Waals surface area contributed by atoms with Crippen LogP contribution in [-0.2, 0) is 9.53 Å². The van der Waals surface area contributed by atoms with E-state index in [1.807, 2.05) is 41.2 Å². The number of aromatic nitrogens is 2. The highest BCUT2D eigenvalue weighted by atomic mass is 16.5. The van der Waals surface area contributed by atoms with Crippen LogP contribution in [-0.4, -0.2) is 35.5 Å². The van der Waals surface area contributed by atoms with Gasteiger partial charge in [0.15, 0.2) is 6.61 Å². The second-order valence-electron chi connectivity index (χ2n) is 4.88. The molecule has 6 nitrogen and oxygen atoms in total. The Kier molecular flexibility index (Phi) is 4.16. The van der Waals surface area contributed by atoms with Gasteiger partial charge < -0.3 is 14.8 Å². The van der Waals surface area contributed by atoms with E-state index >= 15 is 0 Å². The van der Waals surface area contributed by atoms with Gasteiger partial charge in [0, 0.05) is 12.8 Å². The molecule has 6 heteroatoms. The third kappa shape index (κ3) is 3.61. The summed E-state index contributed by atoms with van der Waals surface area (Å²) in [7, 11) is 0. The fourth-order valence-electron chi connectivity index (χ4n) is 2.20. The van der Waals surface area contributed by atoms with Crippen molar-refractivity contribution in [2.45, 2.75) is 12.5 Å². The van der Waals surface area contributed by atoms with Gasteiger partial charge in [0.25, 0.3) is 5.91 Å². The monoisotopic (exact) mass is 287 g/mol. The molecule has 1 atom stereocenters. The number of rotatable bonds is 5. The fraction of sp³-hybridized carbons (Fsp3) is 0.333. The van der Waals surface area contributed by atoms with Crippen LogP contribution in [0.5, 0.6) is 5.75 Å². The van der Waals surface area contributed by atoms with Crippen LogP contribution in [0.2, 0.25) is 0 Å². The zero-order valence-corrected chi connectivity index (χ0v) is 11.6. The number of amides is 1. The van der Waals surface area contributed by atoms with Crippen molar-refractivity contribution in [2.24, 2.45) is 0 Å². The second-order valence-corrected chi connectivity index (χ2v) is 4.88. The quantitative estimate of drug-likeness (QED) is 0.911. The predicted molar refractivity (Wildman–Crippen MR) is 77.3 cm³/mol. The van der Waals surface area contributed by atoms with Crippen LogP contribution in [0.25, 0.3) is 0 Å². The van der Waals surface area contributed by atoms with E-state index in [0.29, 0.717) is 18.0 Å². The number of carbonyl (C=O) groups excluding carboxylic acids is 1. The van der Waals surface area contributed by atoms with Gasteiger partial charge in [-0.05, 0) is 18.6 Å². The first kappa shape index (κ1) is 13.6. The van der Waals surface area contributed by atoms with E-state index in [2.05, 4.69) is 10.4 Å². The van der Waals surface area contributed by atoms with Crippen molar-refractivity contribution in [1.82, 2.24) is 9.78 Å². The van der Waals surface area contributed by atoms with E-state index in [0.717, 1.165) is 13.0 Å². The summed E-state index contributed by atoms with van der Waals surface area (Å²) in [4.78, 5) is 11.8. The van der Waals surface area contributed by atoms with Gasteiger partial charge >= 0.3 is 0 Å². The van der Waals surface area contributed by atoms with Gasteiger partial charge in [-0.3, -0.25) is 9.48 Å². The summed E-state index contributed by atoms with van der Waals surface area (Å²) in [5.74, 6) is 0.465. The molecule has 0 saturated carbocycles. The van der Waals surface area contributed by atoms with Crippen LogP contribution in [0.4, 0.5) is 5.69 Å². The minimum absolute atomic E-state index is 0.0261. The number of nitrogens with one attached hydrogen (secondary N) is 1. The maximum atomic E-state index is 11.8. The van der Waals surface area contributed by atoms with Crippen molar-refractivity contribution in [3.8, 4) is 5.75 Å². The number of hydrogen-bond donors (Lipinski definition) is 1. The zero-order valence-electron chi connectivity index (χ0n) is 11.6. The first-order valence-electron chi connectivity index (χ1n) is 6.91. The molecule has 0 spiro atoms. The Bertz CT molecular complexity index is 591. The van der Waals surface area contributed by atoms with E-state index in [1.165, 1.54) is 0 Å². The molecule has 3 rings (SSSR count). The first-order chi connectivity index (χ1) is 10.3. The Balaban J connectivity index is 1.50. The van der Waals surface area contributed by atoms with Crippen molar-refractivity contribution in [3.05, 3.63) is 42.7 Å². The summed E-state index contributed by atoms with van der Waals surface area (Å²) in [6, 6.07) is 9.50. The lowest BCUT2D eigenvalue weighted by molar-refractivity contribution is -0.118. The Morgan fingerprint density at radius 3 is 3.05 bits per heavy atom. The third-order valence-electron chi connectivity index (χ3n) is 3.28. The number of ether oxygens (including phenoxy) is 2. The maximum absolute atomic E-state index is 11.8. The van der Waals surface area contributed by atoms with Crippen molar-refractivity contribution >= 4 is 11.6 Å². The number of anilines is 1. The van der Waals surface area contributed by atoms with E-state index in [9.17, 15) is 4.79 Å². The highest BCUT2D eigenvalue weighted by Gasteiger charge is 2.18. The lowest BCUT2D eigenvalue weighted by Gasteiger charge is -2.07. The van der Waals surface area contributed by atoms with Crippen molar-refractivity contribution in [2.75, 3.05) is 25.1 Å². The summed E-state index contributed by atoms with van der Waals surface area (Å²) < 4.78 is 12.5. The molecular formula is C15H17N3O3. The molecule has 0 bridgehead atoms. The van der Waals surface area contributed by atoms with Crippen molar-refractivity contribution < 1.29 is 14.3 Å². The lowest BCUT2D eigenvalue weighted by atomic mass is 10.3. The Hall–Kier alpha value is -2.34. The molecule has 1 unspecified atom stereocenters. The van der Waals surface area contributed by atoms with Gasteiger partial charge in [-0.25, -0.2) is 0 Å². The van der Waals surface area contributed by atoms with E-state index in [4.69, 9.17) is 9.47 Å². The van der Waals surface area contributed by atoms with E-state index in [-0.39, 0.29) is 18.6 Å². The van der Waals surface area contributed by atoms with Gasteiger partial charge in [-0.2, -0.15) is 5.10 Å². The predicted octanol–water partition coefficient (Wildman–Crippen LogP) is 1.86. The van der Waals surface area contributed by atoms with E-state index in [1.54, 1.807) is 6.20 Å². The SMILES string of the molecule is O=C(COc1ccccc1)Nc1cnn(C2CCOC2)c1. The molecule has 110 valence electrons. The number of hydrogen-bond acceptors (Lipinski definition) is 4. The molecule has 2 heterocycles. The largest absolute Gasteiger partial charge is 0.484 e. The summed E-state index contributed by atoms with van der Waals surface area (Å²) >= 11 is 0. The summed E-state index contributed by atoms with van der Waals surface area (Å²) in [6.07, 6.45) is 4.41. The van der Waals surface area contributed by atoms with Gasteiger partial charge in [0.05, 0.1) is 24.5 Å². The second kappa shape index (κ2) is 6.41. The van der Waals surface area contributed by atoms with Gasteiger partial charge in [0.1, 0.15) is 5.75 Å². The van der Waals surface area contributed by atoms with Crippen LogP contribution in [0, 0.1) is 0 Å². The van der Waals surface area contributed by atoms with Crippen LogP contribution >= 0.6 is 0 Å². The third-order valence-corrected chi connectivity index (χ3v) is 3.28. The maximum Gasteiger partial charge on any atom is 0.262 e. The molecule has 1 aromatic heterocycles. The first-order valence-corrected chi connectivity index (χ1v) is 6.91. The average molecular weight is 287 g/mol. The molecule has 1 aliphatic heterocycles. The van der Waals surface area contributed by atoms with Crippen LogP contribution in [0.1, 0.15) is 12.5 Å². The molecule has 0 aliphatic carbocycles. The number of para-hydroxylation sites is 1. The minimum Gasteiger partial charge on any atom is -0.484 e. The molecule has 1 aliphatic rings. The van der Waals surface area contributed by atoms with Gasteiger partial charge in [-0.1, -0.05) is 18.2 Å². The fourth-order valence-corrected chi connectivity index (χ4v) is 2.20. The summed E-state index contributed by atoms with van der Waals surface area (Å²) in [6.45, 7) is 1.41. The molecule has 1 fully saturated rings. The lowest BCUT2D eigenvalue weighted by Crippen LogP contribution is -2.19. The van der Waals surface area contributed by atoms with Crippen LogP contribution < -0.4 is 10.1 Å². The molecular weight excluding hydrogens is 270 g/mol. The normalized spacial score (nSPS) is 17.6. The highest BCUT2D eigenvalue weighted by Crippen LogP contribution is 2.19. The highest BCUT2D eigenvalue weighted by molar-refractivity contribution is 5.91. The summed E-state index contributed by atoms with van der Waals surface area (Å²) in [5, 5.41) is 7.02. The Morgan fingerprint density at radius 2 is 2.29 bits per heavy atom. The van der Waals surface area contributed by atoms with Crippen molar-refractivity contribution in [3.63, 3.8) is 0 Å². The Morgan fingerprint density at radius 1 is 1.43 bits per heavy atom. The van der Waals surface area contributed by atoms with Crippen LogP contribution in [0.3, 0.4) is 0 Å². The van der Waals surface area contributed by atoms with Gasteiger partial charge in [-0.15, -0.1) is 0 Å². The zero-order chi connectivity index (χ0) is 14.5. The Labute approximate surface area is 122 Å². The van der Waals surface area contributed by atoms with Crippen LogP contribution in [0.15, 0.2) is 42.7 Å². The average Bonchev–Trinajstić information content (AvgIpc) is 3.17. The molecule has 2 aromatic rings. The molecule has 0 radical (unpaired) electrons. The molecule has 21 heavy (non-hydrogen) atoms. The minimum atomic E-state index is -0.207. The van der Waals surface area contributed by atoms with Gasteiger partial charge in [0.2, 0.25) is 0 Å². The number of benzene rings is 1. The molecule has 1 aromatic carbocycles. The molecule has 1 N–H and O–H groups in total.